The van der Waals surface area contributed by atoms with Crippen molar-refractivity contribution < 1.29 is 4.79 Å². The Hall–Kier alpha value is -1.03. The van der Waals surface area contributed by atoms with E-state index in [2.05, 4.69) is 33.1 Å². The van der Waals surface area contributed by atoms with Crippen molar-refractivity contribution in [2.75, 3.05) is 23.4 Å². The average Bonchev–Trinajstić information content (AvgIpc) is 2.73. The van der Waals surface area contributed by atoms with Crippen molar-refractivity contribution in [2.45, 2.75) is 19.3 Å². The average molecular weight is 297 g/mol. The van der Waals surface area contributed by atoms with Crippen LogP contribution in [0.2, 0.25) is 0 Å². The van der Waals surface area contributed by atoms with E-state index in [9.17, 15) is 4.79 Å². The number of para-hydroxylation sites is 1. The second-order valence-electron chi connectivity index (χ2n) is 4.12. The molecule has 1 aliphatic rings. The molecule has 0 unspecified atom stereocenters. The molecular formula is C13H17BrN2O. The Bertz CT molecular complexity index is 369. The fourth-order valence-corrected chi connectivity index (χ4v) is 2.45. The molecule has 0 N–H and O–H groups in total. The number of hydrogen-bond acceptors (Lipinski definition) is 2. The Balaban J connectivity index is 2.03. The Labute approximate surface area is 110 Å². The van der Waals surface area contributed by atoms with Crippen molar-refractivity contribution in [1.82, 2.24) is 5.01 Å². The van der Waals surface area contributed by atoms with Gasteiger partial charge < -0.3 is 0 Å². The first-order valence-corrected chi connectivity index (χ1v) is 7.14. The number of rotatable bonds is 5. The highest BCUT2D eigenvalue weighted by Gasteiger charge is 2.28. The molecule has 0 bridgehead atoms. The van der Waals surface area contributed by atoms with Crippen LogP contribution in [-0.4, -0.2) is 29.3 Å². The first-order valence-electron chi connectivity index (χ1n) is 6.02. The molecule has 0 radical (unpaired) electrons. The Morgan fingerprint density at radius 1 is 1.18 bits per heavy atom. The van der Waals surface area contributed by atoms with Gasteiger partial charge in [-0.3, -0.25) is 14.8 Å². The summed E-state index contributed by atoms with van der Waals surface area (Å²) in [5.74, 6) is 0.239. The number of anilines is 1. The van der Waals surface area contributed by atoms with Crippen LogP contribution in [0.5, 0.6) is 0 Å². The van der Waals surface area contributed by atoms with Gasteiger partial charge in [-0.25, -0.2) is 0 Å². The van der Waals surface area contributed by atoms with Crippen LogP contribution in [0.4, 0.5) is 5.69 Å². The summed E-state index contributed by atoms with van der Waals surface area (Å²) in [7, 11) is 0. The summed E-state index contributed by atoms with van der Waals surface area (Å²) in [5.41, 5.74) is 1.11. The fourth-order valence-electron chi connectivity index (χ4n) is 2.06. The van der Waals surface area contributed by atoms with Gasteiger partial charge in [-0.05, 0) is 25.0 Å². The minimum absolute atomic E-state index is 0.239. The lowest BCUT2D eigenvalue weighted by Gasteiger charge is -2.29. The number of carbonyl (C=O) groups excluding carboxylic acids is 1. The Kier molecular flexibility index (Phi) is 4.42. The van der Waals surface area contributed by atoms with Crippen molar-refractivity contribution in [3.05, 3.63) is 30.3 Å². The minimum atomic E-state index is 0.239. The molecule has 1 aliphatic heterocycles. The molecule has 1 aromatic carbocycles. The van der Waals surface area contributed by atoms with Crippen LogP contribution < -0.4 is 5.01 Å². The van der Waals surface area contributed by atoms with Crippen LogP contribution in [0.25, 0.3) is 0 Å². The molecule has 1 aromatic rings. The van der Waals surface area contributed by atoms with Gasteiger partial charge in [0.1, 0.15) is 0 Å². The molecule has 0 atom stereocenters. The summed E-state index contributed by atoms with van der Waals surface area (Å²) in [6, 6.07) is 10.1. The molecule has 1 fully saturated rings. The zero-order valence-electron chi connectivity index (χ0n) is 9.81. The fraction of sp³-hybridized carbons (Fsp3) is 0.462. The summed E-state index contributed by atoms with van der Waals surface area (Å²) in [5, 5.41) is 4.98. The molecule has 17 heavy (non-hydrogen) atoms. The van der Waals surface area contributed by atoms with Crippen molar-refractivity contribution in [2.24, 2.45) is 0 Å². The molecule has 3 nitrogen and oxygen atoms in total. The predicted octanol–water partition coefficient (Wildman–Crippen LogP) is 2.82. The van der Waals surface area contributed by atoms with Crippen LogP contribution in [-0.2, 0) is 4.79 Å². The van der Waals surface area contributed by atoms with E-state index in [1.54, 1.807) is 0 Å². The van der Waals surface area contributed by atoms with Gasteiger partial charge in [0.05, 0.1) is 5.69 Å². The van der Waals surface area contributed by atoms with Gasteiger partial charge in [-0.15, -0.1) is 0 Å². The molecule has 92 valence electrons. The van der Waals surface area contributed by atoms with Crippen molar-refractivity contribution in [1.29, 1.82) is 0 Å². The Morgan fingerprint density at radius 3 is 2.65 bits per heavy atom. The van der Waals surface area contributed by atoms with Gasteiger partial charge in [0.15, 0.2) is 0 Å². The monoisotopic (exact) mass is 296 g/mol. The van der Waals surface area contributed by atoms with E-state index in [4.69, 9.17) is 0 Å². The van der Waals surface area contributed by atoms with Gasteiger partial charge in [0, 0.05) is 24.8 Å². The van der Waals surface area contributed by atoms with Crippen LogP contribution >= 0.6 is 15.9 Å². The summed E-state index contributed by atoms with van der Waals surface area (Å²) >= 11 is 3.42. The normalized spacial score (nSPS) is 15.7. The van der Waals surface area contributed by atoms with Crippen LogP contribution in [0.15, 0.2) is 30.3 Å². The van der Waals surface area contributed by atoms with E-state index in [0.29, 0.717) is 6.42 Å². The maximum absolute atomic E-state index is 11.8. The van der Waals surface area contributed by atoms with Crippen LogP contribution in [0.1, 0.15) is 19.3 Å². The smallest absolute Gasteiger partial charge is 0.242 e. The highest BCUT2D eigenvalue weighted by Crippen LogP contribution is 2.22. The second kappa shape index (κ2) is 6.05. The highest BCUT2D eigenvalue weighted by atomic mass is 79.9. The van der Waals surface area contributed by atoms with E-state index in [1.807, 2.05) is 23.2 Å². The molecule has 1 saturated heterocycles. The van der Waals surface area contributed by atoms with Gasteiger partial charge in [0.25, 0.3) is 0 Å². The van der Waals surface area contributed by atoms with Crippen molar-refractivity contribution in [3.63, 3.8) is 0 Å². The molecular weight excluding hydrogens is 280 g/mol. The summed E-state index contributed by atoms with van der Waals surface area (Å²) in [6.07, 6.45) is 2.77. The van der Waals surface area contributed by atoms with Gasteiger partial charge >= 0.3 is 0 Å². The lowest BCUT2D eigenvalue weighted by Crippen LogP contribution is -2.39. The van der Waals surface area contributed by atoms with E-state index >= 15 is 0 Å². The number of hydrogen-bond donors (Lipinski definition) is 0. The molecule has 0 saturated carbocycles. The van der Waals surface area contributed by atoms with Gasteiger partial charge in [-0.1, -0.05) is 34.1 Å². The highest BCUT2D eigenvalue weighted by molar-refractivity contribution is 9.09. The maximum Gasteiger partial charge on any atom is 0.242 e. The number of hydrazine groups is 1. The second-order valence-corrected chi connectivity index (χ2v) is 4.91. The van der Waals surface area contributed by atoms with Crippen LogP contribution in [0.3, 0.4) is 0 Å². The zero-order chi connectivity index (χ0) is 12.1. The van der Waals surface area contributed by atoms with Crippen LogP contribution in [0, 0.1) is 0 Å². The summed E-state index contributed by atoms with van der Waals surface area (Å²) in [6.45, 7) is 1.62. The third-order valence-electron chi connectivity index (χ3n) is 2.92. The minimum Gasteiger partial charge on any atom is -0.283 e. The van der Waals surface area contributed by atoms with Crippen molar-refractivity contribution in [3.8, 4) is 0 Å². The number of halogens is 1. The standard InChI is InChI=1S/C13H17BrN2O/c14-9-4-5-10-16-13(17)8-11-15(16)12-6-2-1-3-7-12/h1-3,6-7H,4-5,8-11H2. The molecule has 0 aliphatic carbocycles. The first-order chi connectivity index (χ1) is 8.33. The number of benzene rings is 1. The molecule has 0 spiro atoms. The van der Waals surface area contributed by atoms with E-state index in [-0.39, 0.29) is 5.91 Å². The molecule has 1 heterocycles. The lowest BCUT2D eigenvalue weighted by atomic mass is 10.3. The molecule has 1 amide bonds. The summed E-state index contributed by atoms with van der Waals surface area (Å²) < 4.78 is 0. The topological polar surface area (TPSA) is 23.6 Å². The largest absolute Gasteiger partial charge is 0.283 e. The lowest BCUT2D eigenvalue weighted by molar-refractivity contribution is -0.128. The van der Waals surface area contributed by atoms with Crippen molar-refractivity contribution >= 4 is 27.5 Å². The SMILES string of the molecule is O=C1CCN(c2ccccc2)N1CCCCBr. The van der Waals surface area contributed by atoms with E-state index in [0.717, 1.165) is 36.9 Å². The number of amides is 1. The number of unbranched alkanes of at least 4 members (excludes halogenated alkanes) is 1. The molecule has 0 aromatic heterocycles. The van der Waals surface area contributed by atoms with Gasteiger partial charge in [0.2, 0.25) is 5.91 Å². The molecule has 2 rings (SSSR count). The third-order valence-corrected chi connectivity index (χ3v) is 3.49. The van der Waals surface area contributed by atoms with Gasteiger partial charge in [-0.2, -0.15) is 0 Å². The van der Waals surface area contributed by atoms with E-state index < -0.39 is 0 Å². The first kappa shape index (κ1) is 12.4. The number of alkyl halides is 1. The maximum atomic E-state index is 11.8. The van der Waals surface area contributed by atoms with E-state index in [1.165, 1.54) is 0 Å². The summed E-state index contributed by atoms with van der Waals surface area (Å²) in [4.78, 5) is 11.8. The number of carbonyl (C=O) groups is 1. The Morgan fingerprint density at radius 2 is 1.94 bits per heavy atom. The molecule has 4 heteroatoms. The quantitative estimate of drug-likeness (QED) is 0.616. The zero-order valence-corrected chi connectivity index (χ0v) is 11.4. The number of nitrogens with zero attached hydrogens (tertiary/aromatic N) is 2. The third kappa shape index (κ3) is 3.00. The predicted molar refractivity (Wildman–Crippen MR) is 73.1 cm³/mol.